The van der Waals surface area contributed by atoms with E-state index in [9.17, 15) is 9.90 Å². The fourth-order valence-electron chi connectivity index (χ4n) is 3.17. The molecule has 0 radical (unpaired) electrons. The van der Waals surface area contributed by atoms with Crippen molar-refractivity contribution in [2.24, 2.45) is 5.73 Å². The molecule has 0 aliphatic rings. The van der Waals surface area contributed by atoms with Gasteiger partial charge in [-0.25, -0.2) is 4.68 Å². The lowest BCUT2D eigenvalue weighted by molar-refractivity contribution is 0.0911. The second kappa shape index (κ2) is 9.76. The number of amides is 1. The first-order chi connectivity index (χ1) is 15.1. The fourth-order valence-corrected chi connectivity index (χ4v) is 3.56. The average molecular weight is 471 g/mol. The minimum atomic E-state index is -0.477. The van der Waals surface area contributed by atoms with Gasteiger partial charge < -0.3 is 16.2 Å². The first-order valence-corrected chi connectivity index (χ1v) is 10.7. The number of hydrogen-bond donors (Lipinski definition) is 3. The number of aromatic nitrogens is 2. The molecule has 8 heteroatoms. The number of nitrogens with zero attached hydrogens (tertiary/aromatic N) is 2. The summed E-state index contributed by atoms with van der Waals surface area (Å²) in [7, 11) is 0. The fraction of sp³-hybridized carbons (Fsp3) is 0.250. The summed E-state index contributed by atoms with van der Waals surface area (Å²) in [6.45, 7) is 5.48. The van der Waals surface area contributed by atoms with E-state index in [4.69, 9.17) is 28.9 Å². The van der Waals surface area contributed by atoms with Gasteiger partial charge in [0, 0.05) is 27.3 Å². The van der Waals surface area contributed by atoms with Gasteiger partial charge in [0.05, 0.1) is 29.6 Å². The molecule has 3 rings (SSSR count). The van der Waals surface area contributed by atoms with Crippen molar-refractivity contribution in [2.75, 3.05) is 6.54 Å². The maximum Gasteiger partial charge on any atom is 0.272 e. The predicted molar refractivity (Wildman–Crippen MR) is 128 cm³/mol. The van der Waals surface area contributed by atoms with Gasteiger partial charge >= 0.3 is 0 Å². The normalized spacial score (nSPS) is 11.1. The molecule has 0 unspecified atom stereocenters. The van der Waals surface area contributed by atoms with Crippen LogP contribution in [0.3, 0.4) is 0 Å². The zero-order chi connectivity index (χ0) is 23.5. The molecule has 0 saturated carbocycles. The van der Waals surface area contributed by atoms with E-state index in [0.717, 1.165) is 5.56 Å². The van der Waals surface area contributed by atoms with Crippen molar-refractivity contribution in [3.8, 4) is 28.8 Å². The van der Waals surface area contributed by atoms with E-state index in [1.807, 2.05) is 20.8 Å². The molecule has 0 atom stereocenters. The summed E-state index contributed by atoms with van der Waals surface area (Å²) >= 11 is 12.6. The predicted octanol–water partition coefficient (Wildman–Crippen LogP) is 4.18. The maximum absolute atomic E-state index is 13.0. The average Bonchev–Trinajstić information content (AvgIpc) is 3.11. The van der Waals surface area contributed by atoms with Gasteiger partial charge in [0.2, 0.25) is 0 Å². The van der Waals surface area contributed by atoms with Gasteiger partial charge in [0.1, 0.15) is 0 Å². The van der Waals surface area contributed by atoms with Crippen LogP contribution < -0.4 is 11.1 Å². The summed E-state index contributed by atoms with van der Waals surface area (Å²) in [4.78, 5) is 13.0. The highest BCUT2D eigenvalue weighted by molar-refractivity contribution is 6.32. The van der Waals surface area contributed by atoms with E-state index in [1.165, 1.54) is 0 Å². The monoisotopic (exact) mass is 470 g/mol. The maximum atomic E-state index is 13.0. The number of hydrogen-bond acceptors (Lipinski definition) is 4. The molecule has 1 aromatic heterocycles. The lowest BCUT2D eigenvalue weighted by Crippen LogP contribution is -2.41. The number of aliphatic hydroxyl groups excluding tert-OH is 1. The number of nitrogens with two attached hydrogens (primary N) is 1. The standard InChI is InChI=1S/C24H24Cl2N4O2/c1-24(2,3)28-23(32)21-18(14-31)22(16-7-9-17(25)10-8-16)30(29-21)20-11-6-15(5-4-12-27)13-19(20)26/h6-11,13,31H,12,14,27H2,1-3H3,(H,28,32). The quantitative estimate of drug-likeness (QED) is 0.498. The van der Waals surface area contributed by atoms with Crippen molar-refractivity contribution in [2.45, 2.75) is 32.9 Å². The molecule has 166 valence electrons. The third-order valence-corrected chi connectivity index (χ3v) is 5.03. The molecule has 0 fully saturated rings. The molecule has 3 aromatic rings. The Balaban J connectivity index is 2.24. The Morgan fingerprint density at radius 2 is 1.88 bits per heavy atom. The number of carbonyl (C=O) groups excluding carboxylic acids is 1. The lowest BCUT2D eigenvalue weighted by Gasteiger charge is -2.19. The van der Waals surface area contributed by atoms with E-state index >= 15 is 0 Å². The number of carbonyl (C=O) groups is 1. The summed E-state index contributed by atoms with van der Waals surface area (Å²) in [6, 6.07) is 12.3. The highest BCUT2D eigenvalue weighted by Gasteiger charge is 2.27. The molecule has 1 amide bonds. The molecule has 0 aliphatic carbocycles. The highest BCUT2D eigenvalue weighted by atomic mass is 35.5. The first kappa shape index (κ1) is 23.8. The topological polar surface area (TPSA) is 93.2 Å². The zero-order valence-corrected chi connectivity index (χ0v) is 19.6. The van der Waals surface area contributed by atoms with Crippen molar-refractivity contribution in [1.29, 1.82) is 0 Å². The number of aliphatic hydroxyl groups is 1. The number of benzene rings is 2. The van der Waals surface area contributed by atoms with Crippen LogP contribution in [0.4, 0.5) is 0 Å². The molecule has 0 saturated heterocycles. The second-order valence-electron chi connectivity index (χ2n) is 8.13. The van der Waals surface area contributed by atoms with Gasteiger partial charge in [-0.05, 0) is 51.1 Å². The molecular weight excluding hydrogens is 447 g/mol. The highest BCUT2D eigenvalue weighted by Crippen LogP contribution is 2.33. The Morgan fingerprint density at radius 1 is 1.19 bits per heavy atom. The first-order valence-electron chi connectivity index (χ1n) is 9.94. The summed E-state index contributed by atoms with van der Waals surface area (Å²) in [6.07, 6.45) is 0. The summed E-state index contributed by atoms with van der Waals surface area (Å²) in [5, 5.41) is 18.6. The molecular formula is C24H24Cl2N4O2. The van der Waals surface area contributed by atoms with Crippen molar-refractivity contribution >= 4 is 29.1 Å². The van der Waals surface area contributed by atoms with E-state index in [0.29, 0.717) is 32.6 Å². The molecule has 2 aromatic carbocycles. The van der Waals surface area contributed by atoms with Gasteiger partial charge in [0.15, 0.2) is 5.69 Å². The van der Waals surface area contributed by atoms with Crippen molar-refractivity contribution in [1.82, 2.24) is 15.1 Å². The number of halogens is 2. The van der Waals surface area contributed by atoms with E-state index < -0.39 is 11.4 Å². The van der Waals surface area contributed by atoms with Gasteiger partial charge in [0.25, 0.3) is 5.91 Å². The molecule has 0 aliphatic heterocycles. The Bertz CT molecular complexity index is 1200. The Hall–Kier alpha value is -2.82. The third-order valence-electron chi connectivity index (χ3n) is 4.47. The van der Waals surface area contributed by atoms with Crippen LogP contribution in [-0.2, 0) is 6.61 Å². The summed E-state index contributed by atoms with van der Waals surface area (Å²) in [5.41, 5.74) is 8.00. The van der Waals surface area contributed by atoms with Gasteiger partial charge in [-0.3, -0.25) is 4.79 Å². The smallest absolute Gasteiger partial charge is 0.272 e. The van der Waals surface area contributed by atoms with E-state index in [2.05, 4.69) is 22.3 Å². The van der Waals surface area contributed by atoms with Crippen LogP contribution in [0.2, 0.25) is 10.0 Å². The molecule has 32 heavy (non-hydrogen) atoms. The van der Waals surface area contributed by atoms with Gasteiger partial charge in [-0.2, -0.15) is 5.10 Å². The van der Waals surface area contributed by atoms with Crippen LogP contribution in [0, 0.1) is 11.8 Å². The zero-order valence-electron chi connectivity index (χ0n) is 18.0. The summed E-state index contributed by atoms with van der Waals surface area (Å²) in [5.74, 6) is 5.34. The van der Waals surface area contributed by atoms with Gasteiger partial charge in [-0.1, -0.05) is 47.2 Å². The number of nitrogens with one attached hydrogen (secondary N) is 1. The van der Waals surface area contributed by atoms with Crippen molar-refractivity contribution < 1.29 is 9.90 Å². The minimum absolute atomic E-state index is 0.121. The van der Waals surface area contributed by atoms with Crippen LogP contribution >= 0.6 is 23.2 Å². The Morgan fingerprint density at radius 3 is 2.44 bits per heavy atom. The lowest BCUT2D eigenvalue weighted by atomic mass is 10.0. The Labute approximate surface area is 197 Å². The van der Waals surface area contributed by atoms with Crippen LogP contribution in [0.25, 0.3) is 16.9 Å². The minimum Gasteiger partial charge on any atom is -0.392 e. The molecule has 1 heterocycles. The number of rotatable bonds is 4. The van der Waals surface area contributed by atoms with E-state index in [-0.39, 0.29) is 18.8 Å². The molecule has 6 nitrogen and oxygen atoms in total. The SMILES string of the molecule is CC(C)(C)NC(=O)c1nn(-c2ccc(C#CCN)cc2Cl)c(-c2ccc(Cl)cc2)c1CO. The summed E-state index contributed by atoms with van der Waals surface area (Å²) < 4.78 is 1.56. The van der Waals surface area contributed by atoms with Crippen LogP contribution in [0.5, 0.6) is 0 Å². The van der Waals surface area contributed by atoms with Crippen LogP contribution in [0.15, 0.2) is 42.5 Å². The molecule has 4 N–H and O–H groups in total. The van der Waals surface area contributed by atoms with Crippen molar-refractivity contribution in [3.63, 3.8) is 0 Å². The van der Waals surface area contributed by atoms with Crippen LogP contribution in [0.1, 0.15) is 42.4 Å². The van der Waals surface area contributed by atoms with Gasteiger partial charge in [-0.15, -0.1) is 0 Å². The Kier molecular flexibility index (Phi) is 7.27. The van der Waals surface area contributed by atoms with Crippen LogP contribution in [-0.4, -0.2) is 32.9 Å². The third kappa shape index (κ3) is 5.32. The molecule has 0 bridgehead atoms. The van der Waals surface area contributed by atoms with Crippen molar-refractivity contribution in [3.05, 3.63) is 69.3 Å². The van der Waals surface area contributed by atoms with E-state index in [1.54, 1.807) is 47.1 Å². The largest absolute Gasteiger partial charge is 0.392 e. The second-order valence-corrected chi connectivity index (χ2v) is 8.97. The molecule has 0 spiro atoms.